The zero-order valence-corrected chi connectivity index (χ0v) is 9.68. The second-order valence-electron chi connectivity index (χ2n) is 3.76. The molecule has 1 aromatic heterocycles. The van der Waals surface area contributed by atoms with Gasteiger partial charge >= 0.3 is 0 Å². The fourth-order valence-electron chi connectivity index (χ4n) is 1.65. The van der Waals surface area contributed by atoms with Crippen molar-refractivity contribution < 1.29 is 4.79 Å². The predicted octanol–water partition coefficient (Wildman–Crippen LogP) is 2.38. The summed E-state index contributed by atoms with van der Waals surface area (Å²) in [6.45, 7) is 2.05. The average Bonchev–Trinajstić information content (AvgIpc) is 2.34. The number of para-hydroxylation sites is 1. The number of carbonyl (C=O) groups excluding carboxylic acids is 1. The van der Waals surface area contributed by atoms with Gasteiger partial charge in [-0.15, -0.1) is 0 Å². The Balaban J connectivity index is 2.21. The molecule has 0 unspecified atom stereocenters. The molecule has 0 atom stereocenters. The van der Waals surface area contributed by atoms with Crippen LogP contribution >= 0.6 is 0 Å². The van der Waals surface area contributed by atoms with E-state index in [4.69, 9.17) is 0 Å². The van der Waals surface area contributed by atoms with Crippen molar-refractivity contribution in [3.63, 3.8) is 0 Å². The normalized spacial score (nSPS) is 10.9. The van der Waals surface area contributed by atoms with E-state index in [2.05, 4.69) is 10.3 Å². The number of pyridine rings is 1. The summed E-state index contributed by atoms with van der Waals surface area (Å²) in [7, 11) is 0. The van der Waals surface area contributed by atoms with Gasteiger partial charge in [0.2, 0.25) is 5.91 Å². The minimum Gasteiger partial charge on any atom is -0.353 e. The first kappa shape index (κ1) is 11.3. The topological polar surface area (TPSA) is 42.0 Å². The number of aromatic nitrogens is 1. The minimum atomic E-state index is -0.0225. The number of benzene rings is 1. The van der Waals surface area contributed by atoms with Crippen LogP contribution in [0, 0.1) is 0 Å². The molecule has 0 spiro atoms. The highest BCUT2D eigenvalue weighted by Gasteiger charge is 1.97. The van der Waals surface area contributed by atoms with Gasteiger partial charge in [0.25, 0.3) is 0 Å². The third-order valence-corrected chi connectivity index (χ3v) is 2.43. The summed E-state index contributed by atoms with van der Waals surface area (Å²) < 4.78 is 0. The van der Waals surface area contributed by atoms with E-state index in [1.807, 2.05) is 42.5 Å². The van der Waals surface area contributed by atoms with E-state index in [0.29, 0.717) is 6.54 Å². The van der Waals surface area contributed by atoms with Gasteiger partial charge in [0.15, 0.2) is 0 Å². The Morgan fingerprint density at radius 3 is 3.00 bits per heavy atom. The summed E-state index contributed by atoms with van der Waals surface area (Å²) in [5.41, 5.74) is 2.04. The largest absolute Gasteiger partial charge is 0.353 e. The minimum absolute atomic E-state index is 0.0225. The maximum absolute atomic E-state index is 10.7. The summed E-state index contributed by atoms with van der Waals surface area (Å²) in [4.78, 5) is 15.1. The zero-order valence-electron chi connectivity index (χ0n) is 9.68. The standard InChI is InChI=1S/C14H14N2O/c1-11(17)15-9-3-7-12-5-2-6-13-8-4-10-16-14(12)13/h2-8,10H,9H2,1H3,(H,15,17). The van der Waals surface area contributed by atoms with E-state index >= 15 is 0 Å². The fraction of sp³-hybridized carbons (Fsp3) is 0.143. The number of carbonyl (C=O) groups is 1. The molecule has 2 rings (SSSR count). The van der Waals surface area contributed by atoms with Crippen LogP contribution in [0.1, 0.15) is 12.5 Å². The Morgan fingerprint density at radius 2 is 2.18 bits per heavy atom. The Morgan fingerprint density at radius 1 is 1.35 bits per heavy atom. The van der Waals surface area contributed by atoms with Crippen molar-refractivity contribution in [1.82, 2.24) is 10.3 Å². The molecule has 0 aliphatic heterocycles. The molecular weight excluding hydrogens is 212 g/mol. The lowest BCUT2D eigenvalue weighted by atomic mass is 10.1. The maximum Gasteiger partial charge on any atom is 0.217 e. The lowest BCUT2D eigenvalue weighted by Gasteiger charge is -2.00. The van der Waals surface area contributed by atoms with Gasteiger partial charge in [-0.05, 0) is 6.07 Å². The number of amides is 1. The number of rotatable bonds is 3. The molecule has 1 aromatic carbocycles. The fourth-order valence-corrected chi connectivity index (χ4v) is 1.65. The van der Waals surface area contributed by atoms with Gasteiger partial charge in [-0.25, -0.2) is 0 Å². The van der Waals surface area contributed by atoms with Gasteiger partial charge in [0.1, 0.15) is 0 Å². The molecule has 0 aliphatic rings. The first-order chi connectivity index (χ1) is 8.27. The van der Waals surface area contributed by atoms with Crippen LogP contribution in [0.4, 0.5) is 0 Å². The van der Waals surface area contributed by atoms with Crippen molar-refractivity contribution in [3.05, 3.63) is 48.2 Å². The Hall–Kier alpha value is -2.16. The number of fused-ring (bicyclic) bond motifs is 1. The number of hydrogen-bond donors (Lipinski definition) is 1. The van der Waals surface area contributed by atoms with Crippen molar-refractivity contribution >= 4 is 22.9 Å². The molecule has 3 nitrogen and oxygen atoms in total. The number of nitrogens with one attached hydrogen (secondary N) is 1. The molecule has 1 amide bonds. The first-order valence-electron chi connectivity index (χ1n) is 5.52. The monoisotopic (exact) mass is 226 g/mol. The number of hydrogen-bond acceptors (Lipinski definition) is 2. The molecule has 0 aliphatic carbocycles. The number of nitrogens with zero attached hydrogens (tertiary/aromatic N) is 1. The van der Waals surface area contributed by atoms with E-state index in [1.165, 1.54) is 6.92 Å². The highest BCUT2D eigenvalue weighted by Crippen LogP contribution is 2.16. The van der Waals surface area contributed by atoms with Crippen LogP contribution in [0.15, 0.2) is 42.6 Å². The molecule has 0 saturated carbocycles. The quantitative estimate of drug-likeness (QED) is 0.873. The second kappa shape index (κ2) is 5.25. The van der Waals surface area contributed by atoms with E-state index in [0.717, 1.165) is 16.5 Å². The molecule has 3 heteroatoms. The van der Waals surface area contributed by atoms with Gasteiger partial charge in [0.05, 0.1) is 5.52 Å². The average molecular weight is 226 g/mol. The van der Waals surface area contributed by atoms with Crippen LogP contribution in [-0.4, -0.2) is 17.4 Å². The summed E-state index contributed by atoms with van der Waals surface area (Å²) in [6.07, 6.45) is 5.68. The van der Waals surface area contributed by atoms with E-state index in [9.17, 15) is 4.79 Å². The highest BCUT2D eigenvalue weighted by molar-refractivity contribution is 5.86. The highest BCUT2D eigenvalue weighted by atomic mass is 16.1. The van der Waals surface area contributed by atoms with Crippen LogP contribution in [0.3, 0.4) is 0 Å². The molecule has 1 heterocycles. The molecule has 2 aromatic rings. The molecule has 0 radical (unpaired) electrons. The summed E-state index contributed by atoms with van der Waals surface area (Å²) in [5.74, 6) is -0.0225. The van der Waals surface area contributed by atoms with Crippen LogP contribution in [0.25, 0.3) is 17.0 Å². The van der Waals surface area contributed by atoms with Crippen LogP contribution in [0.5, 0.6) is 0 Å². The molecule has 0 saturated heterocycles. The zero-order chi connectivity index (χ0) is 12.1. The van der Waals surface area contributed by atoms with Gasteiger partial charge in [0, 0.05) is 30.6 Å². The van der Waals surface area contributed by atoms with E-state index in [-0.39, 0.29) is 5.91 Å². The van der Waals surface area contributed by atoms with Crippen molar-refractivity contribution in [1.29, 1.82) is 0 Å². The van der Waals surface area contributed by atoms with E-state index in [1.54, 1.807) is 6.20 Å². The molecule has 86 valence electrons. The summed E-state index contributed by atoms with van der Waals surface area (Å²) in [5, 5.41) is 3.84. The summed E-state index contributed by atoms with van der Waals surface area (Å²) >= 11 is 0. The lowest BCUT2D eigenvalue weighted by molar-refractivity contribution is -0.118. The predicted molar refractivity (Wildman–Crippen MR) is 69.5 cm³/mol. The Bertz CT molecular complexity index is 556. The molecule has 17 heavy (non-hydrogen) atoms. The van der Waals surface area contributed by atoms with Crippen molar-refractivity contribution in [3.8, 4) is 0 Å². The van der Waals surface area contributed by atoms with Crippen LogP contribution < -0.4 is 5.32 Å². The molecule has 0 fully saturated rings. The Labute approximate surface area is 100 Å². The lowest BCUT2D eigenvalue weighted by Crippen LogP contribution is -2.19. The van der Waals surface area contributed by atoms with Crippen LogP contribution in [-0.2, 0) is 4.79 Å². The van der Waals surface area contributed by atoms with Crippen molar-refractivity contribution in [2.75, 3.05) is 6.54 Å². The van der Waals surface area contributed by atoms with Gasteiger partial charge < -0.3 is 5.32 Å². The third kappa shape index (κ3) is 2.91. The van der Waals surface area contributed by atoms with Crippen LogP contribution in [0.2, 0.25) is 0 Å². The summed E-state index contributed by atoms with van der Waals surface area (Å²) in [6, 6.07) is 10.0. The van der Waals surface area contributed by atoms with Gasteiger partial charge in [-0.2, -0.15) is 0 Å². The molecule has 0 bridgehead atoms. The van der Waals surface area contributed by atoms with Gasteiger partial charge in [-0.3, -0.25) is 9.78 Å². The second-order valence-corrected chi connectivity index (χ2v) is 3.76. The molecular formula is C14H14N2O. The SMILES string of the molecule is CC(=O)NCC=Cc1cccc2cccnc12. The third-order valence-electron chi connectivity index (χ3n) is 2.43. The molecule has 1 N–H and O–H groups in total. The van der Waals surface area contributed by atoms with Crippen molar-refractivity contribution in [2.24, 2.45) is 0 Å². The van der Waals surface area contributed by atoms with Crippen molar-refractivity contribution in [2.45, 2.75) is 6.92 Å². The first-order valence-corrected chi connectivity index (χ1v) is 5.52. The smallest absolute Gasteiger partial charge is 0.217 e. The van der Waals surface area contributed by atoms with Gasteiger partial charge in [-0.1, -0.05) is 36.4 Å². The van der Waals surface area contributed by atoms with E-state index < -0.39 is 0 Å². The maximum atomic E-state index is 10.7. The Kier molecular flexibility index (Phi) is 3.50.